The Labute approximate surface area is 72.1 Å². The highest BCUT2D eigenvalue weighted by Crippen LogP contribution is 2.02. The van der Waals surface area contributed by atoms with Gasteiger partial charge in [-0.1, -0.05) is 13.8 Å². The van der Waals surface area contributed by atoms with Crippen molar-refractivity contribution in [3.05, 3.63) is 0 Å². The Morgan fingerprint density at radius 3 is 2.08 bits per heavy atom. The van der Waals surface area contributed by atoms with Gasteiger partial charge in [-0.3, -0.25) is 9.45 Å². The summed E-state index contributed by atoms with van der Waals surface area (Å²) in [6.07, 6.45) is 0. The third-order valence-electron chi connectivity index (χ3n) is 1.62. The minimum atomic E-state index is -4.53. The second-order valence-electron chi connectivity index (χ2n) is 2.41. The van der Waals surface area contributed by atoms with Crippen LogP contribution < -0.4 is 0 Å². The van der Waals surface area contributed by atoms with E-state index in [0.717, 1.165) is 0 Å². The van der Waals surface area contributed by atoms with Crippen molar-refractivity contribution in [2.75, 3.05) is 19.6 Å². The molecule has 0 radical (unpaired) electrons. The first-order valence-corrected chi connectivity index (χ1v) is 5.24. The van der Waals surface area contributed by atoms with Gasteiger partial charge in [0.05, 0.1) is 0 Å². The third-order valence-corrected chi connectivity index (χ3v) is 2.41. The zero-order valence-electron chi connectivity index (χ0n) is 7.20. The highest BCUT2D eigenvalue weighted by molar-refractivity contribution is 7.86. The first-order valence-electron chi connectivity index (χ1n) is 3.74. The van der Waals surface area contributed by atoms with Crippen molar-refractivity contribution in [3.8, 4) is 0 Å². The molecule has 0 heterocycles. The smallest absolute Gasteiger partial charge is 0.298 e. The quantitative estimate of drug-likeness (QED) is 0.655. The standard InChI is InChI=1S/C6H14FNO3S/c1-3-8(4-2)5-6(7)12(9,10)11/h6H,3-5H2,1-2H3,(H,9,10,11). The van der Waals surface area contributed by atoms with E-state index < -0.39 is 15.6 Å². The molecular formula is C6H14FNO3S. The van der Waals surface area contributed by atoms with Crippen LogP contribution in [-0.2, 0) is 10.1 Å². The van der Waals surface area contributed by atoms with Crippen LogP contribution >= 0.6 is 0 Å². The summed E-state index contributed by atoms with van der Waals surface area (Å²) < 4.78 is 41.5. The lowest BCUT2D eigenvalue weighted by atomic mass is 10.5. The van der Waals surface area contributed by atoms with Gasteiger partial charge in [-0.05, 0) is 13.1 Å². The van der Waals surface area contributed by atoms with E-state index in [4.69, 9.17) is 4.55 Å². The Morgan fingerprint density at radius 2 is 1.83 bits per heavy atom. The van der Waals surface area contributed by atoms with Gasteiger partial charge in [0, 0.05) is 6.54 Å². The fourth-order valence-corrected chi connectivity index (χ4v) is 1.18. The molecule has 1 atom stereocenters. The van der Waals surface area contributed by atoms with Crippen molar-refractivity contribution in [1.29, 1.82) is 0 Å². The minimum Gasteiger partial charge on any atom is -0.300 e. The predicted octanol–water partition coefficient (Wildman–Crippen LogP) is 0.512. The summed E-state index contributed by atoms with van der Waals surface area (Å²) in [7, 11) is -4.53. The maximum atomic E-state index is 12.7. The Morgan fingerprint density at radius 1 is 1.42 bits per heavy atom. The summed E-state index contributed by atoms with van der Waals surface area (Å²) >= 11 is 0. The molecule has 1 unspecified atom stereocenters. The van der Waals surface area contributed by atoms with Crippen molar-refractivity contribution >= 4 is 10.1 Å². The number of alkyl halides is 1. The molecule has 0 aromatic heterocycles. The van der Waals surface area contributed by atoms with Crippen molar-refractivity contribution in [1.82, 2.24) is 4.90 Å². The fourth-order valence-electron chi connectivity index (χ4n) is 0.779. The number of halogens is 1. The molecule has 6 heteroatoms. The Balaban J connectivity index is 4.08. The normalized spacial score (nSPS) is 15.1. The van der Waals surface area contributed by atoms with E-state index in [-0.39, 0.29) is 6.54 Å². The van der Waals surface area contributed by atoms with Gasteiger partial charge in [0.15, 0.2) is 0 Å². The number of hydrogen-bond acceptors (Lipinski definition) is 3. The summed E-state index contributed by atoms with van der Waals surface area (Å²) in [5.74, 6) is 0. The lowest BCUT2D eigenvalue weighted by molar-refractivity contribution is 0.239. The summed E-state index contributed by atoms with van der Waals surface area (Å²) in [5.41, 5.74) is -2.20. The lowest BCUT2D eigenvalue weighted by Gasteiger charge is -2.18. The van der Waals surface area contributed by atoms with Crippen LogP contribution in [0.1, 0.15) is 13.8 Å². The van der Waals surface area contributed by atoms with E-state index in [0.29, 0.717) is 13.1 Å². The molecule has 1 N–H and O–H groups in total. The van der Waals surface area contributed by atoms with Crippen molar-refractivity contribution < 1.29 is 17.4 Å². The summed E-state index contributed by atoms with van der Waals surface area (Å²) in [6.45, 7) is 4.44. The maximum absolute atomic E-state index is 12.7. The van der Waals surface area contributed by atoms with E-state index in [2.05, 4.69) is 0 Å². The number of hydrogen-bond donors (Lipinski definition) is 1. The molecule has 0 spiro atoms. The van der Waals surface area contributed by atoms with Crippen LogP contribution in [0.4, 0.5) is 4.39 Å². The van der Waals surface area contributed by atoms with Crippen LogP contribution in [0.15, 0.2) is 0 Å². The van der Waals surface area contributed by atoms with Crippen LogP contribution in [0.2, 0.25) is 0 Å². The average Bonchev–Trinajstić information content (AvgIpc) is 1.97. The topological polar surface area (TPSA) is 57.6 Å². The van der Waals surface area contributed by atoms with Crippen LogP contribution in [-0.4, -0.2) is 43.0 Å². The number of nitrogens with zero attached hydrogens (tertiary/aromatic N) is 1. The van der Waals surface area contributed by atoms with E-state index in [1.807, 2.05) is 0 Å². The highest BCUT2D eigenvalue weighted by Gasteiger charge is 2.23. The predicted molar refractivity (Wildman–Crippen MR) is 44.2 cm³/mol. The molecular weight excluding hydrogens is 185 g/mol. The Hall–Kier alpha value is -0.200. The van der Waals surface area contributed by atoms with Gasteiger partial charge in [-0.15, -0.1) is 0 Å². The molecule has 0 aliphatic carbocycles. The molecule has 74 valence electrons. The van der Waals surface area contributed by atoms with Gasteiger partial charge in [-0.25, -0.2) is 4.39 Å². The second kappa shape index (κ2) is 4.74. The van der Waals surface area contributed by atoms with Crippen LogP contribution in [0.5, 0.6) is 0 Å². The first kappa shape index (κ1) is 11.8. The molecule has 12 heavy (non-hydrogen) atoms. The lowest BCUT2D eigenvalue weighted by Crippen LogP contribution is -2.34. The Bertz CT molecular complexity index is 213. The molecule has 0 saturated heterocycles. The largest absolute Gasteiger partial charge is 0.300 e. The molecule has 0 fully saturated rings. The van der Waals surface area contributed by atoms with Gasteiger partial charge in [0.2, 0.25) is 5.50 Å². The third kappa shape index (κ3) is 3.99. The van der Waals surface area contributed by atoms with Gasteiger partial charge >= 0.3 is 0 Å². The van der Waals surface area contributed by atoms with E-state index in [1.54, 1.807) is 18.7 Å². The SMILES string of the molecule is CCN(CC)CC(F)S(=O)(=O)O. The summed E-state index contributed by atoms with van der Waals surface area (Å²) in [6, 6.07) is 0. The van der Waals surface area contributed by atoms with Crippen molar-refractivity contribution in [2.24, 2.45) is 0 Å². The molecule has 0 aromatic rings. The van der Waals surface area contributed by atoms with Crippen molar-refractivity contribution in [3.63, 3.8) is 0 Å². The zero-order valence-corrected chi connectivity index (χ0v) is 8.01. The molecule has 0 saturated carbocycles. The minimum absolute atomic E-state index is 0.272. The Kier molecular flexibility index (Phi) is 4.66. The van der Waals surface area contributed by atoms with E-state index >= 15 is 0 Å². The summed E-state index contributed by atoms with van der Waals surface area (Å²) in [4.78, 5) is 1.58. The van der Waals surface area contributed by atoms with Crippen LogP contribution in [0, 0.1) is 0 Å². The first-order chi connectivity index (χ1) is 5.41. The second-order valence-corrected chi connectivity index (χ2v) is 3.95. The molecule has 4 nitrogen and oxygen atoms in total. The molecule has 0 aromatic carbocycles. The van der Waals surface area contributed by atoms with E-state index in [1.165, 1.54) is 0 Å². The zero-order chi connectivity index (χ0) is 9.78. The van der Waals surface area contributed by atoms with Gasteiger partial charge in [0.1, 0.15) is 0 Å². The molecule has 0 aliphatic heterocycles. The van der Waals surface area contributed by atoms with E-state index in [9.17, 15) is 12.8 Å². The summed E-state index contributed by atoms with van der Waals surface area (Å²) in [5, 5.41) is 0. The monoisotopic (exact) mass is 199 g/mol. The average molecular weight is 199 g/mol. The fraction of sp³-hybridized carbons (Fsp3) is 1.00. The number of rotatable bonds is 5. The van der Waals surface area contributed by atoms with Gasteiger partial charge in [-0.2, -0.15) is 8.42 Å². The van der Waals surface area contributed by atoms with Gasteiger partial charge < -0.3 is 0 Å². The van der Waals surface area contributed by atoms with Crippen LogP contribution in [0.3, 0.4) is 0 Å². The molecule has 0 amide bonds. The molecule has 0 bridgehead atoms. The van der Waals surface area contributed by atoms with Gasteiger partial charge in [0.25, 0.3) is 10.1 Å². The molecule has 0 rings (SSSR count). The maximum Gasteiger partial charge on any atom is 0.298 e. The highest BCUT2D eigenvalue weighted by atomic mass is 32.2. The van der Waals surface area contributed by atoms with Crippen molar-refractivity contribution in [2.45, 2.75) is 19.4 Å². The van der Waals surface area contributed by atoms with Crippen LogP contribution in [0.25, 0.3) is 0 Å². The molecule has 0 aliphatic rings.